The second-order valence-electron chi connectivity index (χ2n) is 4.96. The van der Waals surface area contributed by atoms with Gasteiger partial charge in [0.2, 0.25) is 0 Å². The molecule has 2 aliphatic rings. The van der Waals surface area contributed by atoms with Gasteiger partial charge >= 0.3 is 5.97 Å². The molecule has 0 radical (unpaired) electrons. The zero-order chi connectivity index (χ0) is 11.1. The number of hydrogen-bond donors (Lipinski definition) is 0. The van der Waals surface area contributed by atoms with Crippen LogP contribution in [0.2, 0.25) is 0 Å². The van der Waals surface area contributed by atoms with Crippen molar-refractivity contribution in [2.24, 2.45) is 17.8 Å². The highest BCUT2D eigenvalue weighted by Crippen LogP contribution is 2.44. The molecule has 0 aromatic heterocycles. The summed E-state index contributed by atoms with van der Waals surface area (Å²) in [6.07, 6.45) is 11.7. The highest BCUT2D eigenvalue weighted by atomic mass is 16.6. The third-order valence-corrected chi connectivity index (χ3v) is 3.28. The van der Waals surface area contributed by atoms with E-state index < -0.39 is 5.60 Å². The molecule has 1 saturated carbocycles. The quantitative estimate of drug-likeness (QED) is 0.391. The lowest BCUT2D eigenvalue weighted by Gasteiger charge is -2.23. The van der Waals surface area contributed by atoms with Gasteiger partial charge in [-0.1, -0.05) is 18.1 Å². The largest absolute Gasteiger partial charge is 0.446 e. The minimum absolute atomic E-state index is 0.0348. The minimum atomic E-state index is -0.775. The fourth-order valence-corrected chi connectivity index (χ4v) is 2.41. The summed E-state index contributed by atoms with van der Waals surface area (Å²) in [6.45, 7) is 3.49. The molecule has 1 fully saturated rings. The normalized spacial score (nSPS) is 32.7. The molecule has 0 aromatic carbocycles. The number of hydrogen-bond acceptors (Lipinski definition) is 2. The van der Waals surface area contributed by atoms with Gasteiger partial charge in [-0.3, -0.25) is 4.79 Å². The Hall–Kier alpha value is -1.23. The molecule has 0 heterocycles. The van der Waals surface area contributed by atoms with E-state index in [9.17, 15) is 4.79 Å². The molecule has 2 aliphatic carbocycles. The van der Waals surface area contributed by atoms with Crippen LogP contribution < -0.4 is 0 Å². The first-order valence-corrected chi connectivity index (χ1v) is 5.41. The molecule has 0 aliphatic heterocycles. The molecule has 2 rings (SSSR count). The highest BCUT2D eigenvalue weighted by molar-refractivity contribution is 5.74. The number of ether oxygens (including phenoxy) is 1. The van der Waals surface area contributed by atoms with Crippen molar-refractivity contribution < 1.29 is 9.53 Å². The maximum atomic E-state index is 11.9. The Labute approximate surface area is 90.7 Å². The first-order valence-electron chi connectivity index (χ1n) is 5.41. The van der Waals surface area contributed by atoms with Crippen LogP contribution >= 0.6 is 0 Å². The maximum absolute atomic E-state index is 11.9. The first-order chi connectivity index (χ1) is 7.02. The monoisotopic (exact) mass is 204 g/mol. The Kier molecular flexibility index (Phi) is 2.34. The van der Waals surface area contributed by atoms with Gasteiger partial charge in [-0.25, -0.2) is 0 Å². The van der Waals surface area contributed by atoms with Crippen LogP contribution in [0.1, 0.15) is 26.7 Å². The van der Waals surface area contributed by atoms with Crippen LogP contribution in [0.3, 0.4) is 0 Å². The molecular weight excluding hydrogens is 188 g/mol. The summed E-state index contributed by atoms with van der Waals surface area (Å²) in [4.78, 5) is 11.9. The maximum Gasteiger partial charge on any atom is 0.311 e. The van der Waals surface area contributed by atoms with Crippen molar-refractivity contribution in [2.75, 3.05) is 0 Å². The van der Waals surface area contributed by atoms with E-state index in [1.807, 2.05) is 0 Å². The second kappa shape index (κ2) is 3.41. The SMILES string of the molecule is C#CC(C)(C)OC(=O)C1CC2C=CC1C2. The Morgan fingerprint density at radius 2 is 2.20 bits per heavy atom. The molecule has 0 amide bonds. The van der Waals surface area contributed by atoms with Gasteiger partial charge in [0.05, 0.1) is 5.92 Å². The Balaban J connectivity index is 1.99. The van der Waals surface area contributed by atoms with Gasteiger partial charge in [-0.05, 0) is 38.5 Å². The van der Waals surface area contributed by atoms with E-state index in [4.69, 9.17) is 11.2 Å². The summed E-state index contributed by atoms with van der Waals surface area (Å²) in [5, 5.41) is 0. The highest BCUT2D eigenvalue weighted by Gasteiger charge is 2.41. The van der Waals surface area contributed by atoms with Crippen LogP contribution in [0.25, 0.3) is 0 Å². The summed E-state index contributed by atoms with van der Waals surface area (Å²) < 4.78 is 5.31. The van der Waals surface area contributed by atoms with Crippen LogP contribution in [0.4, 0.5) is 0 Å². The Morgan fingerprint density at radius 3 is 2.67 bits per heavy atom. The standard InChI is InChI=1S/C13H16O2/c1-4-13(2,3)15-12(14)11-8-9-5-6-10(11)7-9/h1,5-6,9-11H,7-8H2,2-3H3. The van der Waals surface area contributed by atoms with Crippen molar-refractivity contribution in [3.63, 3.8) is 0 Å². The van der Waals surface area contributed by atoms with Crippen molar-refractivity contribution in [3.05, 3.63) is 12.2 Å². The van der Waals surface area contributed by atoms with Gasteiger partial charge in [0.15, 0.2) is 5.60 Å². The molecule has 0 spiro atoms. The van der Waals surface area contributed by atoms with Crippen molar-refractivity contribution >= 4 is 5.97 Å². The average molecular weight is 204 g/mol. The lowest BCUT2D eigenvalue weighted by Crippen LogP contribution is -2.31. The van der Waals surface area contributed by atoms with Crippen molar-refractivity contribution in [1.29, 1.82) is 0 Å². The van der Waals surface area contributed by atoms with E-state index in [0.29, 0.717) is 11.8 Å². The van der Waals surface area contributed by atoms with E-state index in [1.165, 1.54) is 0 Å². The lowest BCUT2D eigenvalue weighted by atomic mass is 9.93. The summed E-state index contributed by atoms with van der Waals surface area (Å²) in [5.74, 6) is 3.35. The number of carbonyl (C=O) groups is 1. The van der Waals surface area contributed by atoms with Crippen LogP contribution in [-0.2, 0) is 9.53 Å². The zero-order valence-electron chi connectivity index (χ0n) is 9.19. The lowest BCUT2D eigenvalue weighted by molar-refractivity contribution is -0.157. The van der Waals surface area contributed by atoms with Crippen LogP contribution in [-0.4, -0.2) is 11.6 Å². The molecule has 2 nitrogen and oxygen atoms in total. The number of esters is 1. The molecular formula is C13H16O2. The molecule has 15 heavy (non-hydrogen) atoms. The molecule has 0 aromatic rings. The third kappa shape index (κ3) is 1.92. The molecule has 3 atom stereocenters. The molecule has 0 saturated heterocycles. The smallest absolute Gasteiger partial charge is 0.311 e. The first kappa shape index (κ1) is 10.3. The molecule has 3 unspecified atom stereocenters. The number of allylic oxidation sites excluding steroid dienone is 2. The fourth-order valence-electron chi connectivity index (χ4n) is 2.41. The topological polar surface area (TPSA) is 26.3 Å². The van der Waals surface area contributed by atoms with Gasteiger partial charge < -0.3 is 4.74 Å². The molecule has 0 N–H and O–H groups in total. The fraction of sp³-hybridized carbons (Fsp3) is 0.615. The molecule has 80 valence electrons. The number of rotatable bonds is 2. The minimum Gasteiger partial charge on any atom is -0.446 e. The van der Waals surface area contributed by atoms with Gasteiger partial charge in [-0.15, -0.1) is 6.42 Å². The summed E-state index contributed by atoms with van der Waals surface area (Å²) in [7, 11) is 0. The van der Waals surface area contributed by atoms with E-state index in [2.05, 4.69) is 18.1 Å². The van der Waals surface area contributed by atoms with Crippen LogP contribution in [0.15, 0.2) is 12.2 Å². The van der Waals surface area contributed by atoms with Crippen molar-refractivity contribution in [2.45, 2.75) is 32.3 Å². The number of terminal acetylenes is 1. The average Bonchev–Trinajstić information content (AvgIpc) is 2.78. The van der Waals surface area contributed by atoms with E-state index >= 15 is 0 Å². The third-order valence-electron chi connectivity index (χ3n) is 3.28. The van der Waals surface area contributed by atoms with Gasteiger partial charge in [-0.2, -0.15) is 0 Å². The van der Waals surface area contributed by atoms with Crippen LogP contribution in [0, 0.1) is 30.1 Å². The number of carbonyl (C=O) groups excluding carboxylic acids is 1. The summed E-state index contributed by atoms with van der Waals surface area (Å²) in [5.41, 5.74) is -0.775. The zero-order valence-corrected chi connectivity index (χ0v) is 9.19. The van der Waals surface area contributed by atoms with Gasteiger partial charge in [0.25, 0.3) is 0 Å². The Bertz CT molecular complexity index is 346. The number of fused-ring (bicyclic) bond motifs is 2. The second-order valence-corrected chi connectivity index (χ2v) is 4.96. The van der Waals surface area contributed by atoms with Gasteiger partial charge in [0.1, 0.15) is 0 Å². The van der Waals surface area contributed by atoms with Crippen molar-refractivity contribution in [3.8, 4) is 12.3 Å². The molecule has 2 bridgehead atoms. The van der Waals surface area contributed by atoms with Crippen LogP contribution in [0.5, 0.6) is 0 Å². The Morgan fingerprint density at radius 1 is 1.47 bits per heavy atom. The van der Waals surface area contributed by atoms with Gasteiger partial charge in [0, 0.05) is 0 Å². The van der Waals surface area contributed by atoms with E-state index in [0.717, 1.165) is 12.8 Å². The predicted octanol–water partition coefficient (Wildman–Crippen LogP) is 2.15. The summed E-state index contributed by atoms with van der Waals surface area (Å²) >= 11 is 0. The summed E-state index contributed by atoms with van der Waals surface area (Å²) in [6, 6.07) is 0. The predicted molar refractivity (Wildman–Crippen MR) is 57.8 cm³/mol. The van der Waals surface area contributed by atoms with Crippen molar-refractivity contribution in [1.82, 2.24) is 0 Å². The van der Waals surface area contributed by atoms with E-state index in [1.54, 1.807) is 13.8 Å². The van der Waals surface area contributed by atoms with E-state index in [-0.39, 0.29) is 11.9 Å². The molecule has 2 heteroatoms.